The molecule has 28 heavy (non-hydrogen) atoms. The van der Waals surface area contributed by atoms with Crippen molar-refractivity contribution in [1.29, 1.82) is 0 Å². The van der Waals surface area contributed by atoms with Gasteiger partial charge in [-0.15, -0.1) is 0 Å². The molecule has 1 amide bonds. The highest BCUT2D eigenvalue weighted by atomic mass is 35.5. The van der Waals surface area contributed by atoms with Crippen molar-refractivity contribution in [3.63, 3.8) is 0 Å². The maximum absolute atomic E-state index is 13.1. The van der Waals surface area contributed by atoms with Gasteiger partial charge in [-0.3, -0.25) is 4.79 Å². The summed E-state index contributed by atoms with van der Waals surface area (Å²) in [6, 6.07) is 13.5. The van der Waals surface area contributed by atoms with Gasteiger partial charge in [0.05, 0.1) is 4.90 Å². The van der Waals surface area contributed by atoms with Crippen LogP contribution in [0.4, 0.5) is 5.69 Å². The highest BCUT2D eigenvalue weighted by molar-refractivity contribution is 7.89. The third kappa shape index (κ3) is 4.74. The van der Waals surface area contributed by atoms with Gasteiger partial charge < -0.3 is 5.32 Å². The van der Waals surface area contributed by atoms with Gasteiger partial charge in [0.1, 0.15) is 0 Å². The Labute approximate surface area is 171 Å². The van der Waals surface area contributed by atoms with E-state index in [1.54, 1.807) is 12.1 Å². The largest absolute Gasteiger partial charge is 0.326 e. The van der Waals surface area contributed by atoms with Crippen LogP contribution in [-0.4, -0.2) is 31.2 Å². The normalized spacial score (nSPS) is 18.0. The third-order valence-electron chi connectivity index (χ3n) is 5.09. The Kier molecular flexibility index (Phi) is 6.75. The molecule has 1 unspecified atom stereocenters. The van der Waals surface area contributed by atoms with E-state index in [0.29, 0.717) is 18.0 Å². The van der Waals surface area contributed by atoms with Crippen LogP contribution < -0.4 is 5.32 Å². The van der Waals surface area contributed by atoms with Crippen LogP contribution in [0.5, 0.6) is 0 Å². The third-order valence-corrected chi connectivity index (χ3v) is 7.30. The molecule has 1 aliphatic rings. The molecule has 1 N–H and O–H groups in total. The van der Waals surface area contributed by atoms with E-state index in [-0.39, 0.29) is 23.3 Å². The number of para-hydroxylation sites is 1. The second-order valence-electron chi connectivity index (χ2n) is 6.98. The Hall–Kier alpha value is -1.89. The fourth-order valence-corrected chi connectivity index (χ4v) is 5.42. The molecular weight excluding hydrogens is 396 g/mol. The first-order valence-electron chi connectivity index (χ1n) is 9.57. The van der Waals surface area contributed by atoms with Gasteiger partial charge in [-0.05, 0) is 55.2 Å². The lowest BCUT2D eigenvalue weighted by Gasteiger charge is -2.34. The van der Waals surface area contributed by atoms with Crippen LogP contribution in [0, 0.1) is 0 Å². The Morgan fingerprint density at radius 2 is 1.86 bits per heavy atom. The fourth-order valence-electron chi connectivity index (χ4n) is 3.60. The monoisotopic (exact) mass is 420 g/mol. The molecule has 0 bridgehead atoms. The van der Waals surface area contributed by atoms with Crippen LogP contribution in [0.3, 0.4) is 0 Å². The summed E-state index contributed by atoms with van der Waals surface area (Å²) in [5.41, 5.74) is 1.85. The number of piperidine rings is 1. The van der Waals surface area contributed by atoms with Gasteiger partial charge in [0, 0.05) is 29.7 Å². The molecular formula is C21H25ClN2O3S. The SMILES string of the molecule is CCc1ccccc1NC(=O)CC1CCCCN1S(=O)(=O)c1ccc(Cl)cc1. The van der Waals surface area contributed by atoms with Crippen LogP contribution in [0.2, 0.25) is 5.02 Å². The summed E-state index contributed by atoms with van der Waals surface area (Å²) in [7, 11) is -3.66. The molecule has 1 heterocycles. The van der Waals surface area contributed by atoms with Crippen molar-refractivity contribution < 1.29 is 13.2 Å². The van der Waals surface area contributed by atoms with Crippen molar-refractivity contribution in [2.75, 3.05) is 11.9 Å². The zero-order chi connectivity index (χ0) is 20.1. The molecule has 1 atom stereocenters. The number of hydrogen-bond donors (Lipinski definition) is 1. The number of benzene rings is 2. The van der Waals surface area contributed by atoms with E-state index in [9.17, 15) is 13.2 Å². The molecule has 3 rings (SSSR count). The zero-order valence-electron chi connectivity index (χ0n) is 15.9. The van der Waals surface area contributed by atoms with Gasteiger partial charge >= 0.3 is 0 Å². The van der Waals surface area contributed by atoms with Crippen LogP contribution >= 0.6 is 11.6 Å². The summed E-state index contributed by atoms with van der Waals surface area (Å²) in [6.07, 6.45) is 3.34. The second kappa shape index (κ2) is 9.07. The van der Waals surface area contributed by atoms with Gasteiger partial charge in [-0.25, -0.2) is 8.42 Å². The maximum atomic E-state index is 13.1. The van der Waals surface area contributed by atoms with Crippen LogP contribution in [0.1, 0.15) is 38.2 Å². The minimum absolute atomic E-state index is 0.144. The van der Waals surface area contributed by atoms with E-state index in [0.717, 1.165) is 30.5 Å². The van der Waals surface area contributed by atoms with E-state index in [1.807, 2.05) is 31.2 Å². The summed E-state index contributed by atoms with van der Waals surface area (Å²) in [6.45, 7) is 2.46. The molecule has 2 aromatic rings. The predicted molar refractivity (Wildman–Crippen MR) is 112 cm³/mol. The van der Waals surface area contributed by atoms with Crippen molar-refractivity contribution in [1.82, 2.24) is 4.31 Å². The van der Waals surface area contributed by atoms with E-state index >= 15 is 0 Å². The van der Waals surface area contributed by atoms with Gasteiger partial charge in [-0.2, -0.15) is 4.31 Å². The zero-order valence-corrected chi connectivity index (χ0v) is 17.5. The minimum Gasteiger partial charge on any atom is -0.326 e. The van der Waals surface area contributed by atoms with Crippen molar-refractivity contribution >= 4 is 33.2 Å². The molecule has 2 aromatic carbocycles. The lowest BCUT2D eigenvalue weighted by atomic mass is 10.0. The summed E-state index contributed by atoms with van der Waals surface area (Å²) in [5.74, 6) is -0.163. The van der Waals surface area contributed by atoms with Gasteiger partial charge in [0.25, 0.3) is 0 Å². The van der Waals surface area contributed by atoms with Gasteiger partial charge in [0.15, 0.2) is 0 Å². The molecule has 5 nitrogen and oxygen atoms in total. The quantitative estimate of drug-likeness (QED) is 0.749. The topological polar surface area (TPSA) is 66.5 Å². The number of sulfonamides is 1. The number of anilines is 1. The summed E-state index contributed by atoms with van der Waals surface area (Å²) in [4.78, 5) is 12.9. The molecule has 0 aromatic heterocycles. The van der Waals surface area contributed by atoms with E-state index < -0.39 is 10.0 Å². The lowest BCUT2D eigenvalue weighted by molar-refractivity contribution is -0.117. The van der Waals surface area contributed by atoms with Crippen LogP contribution in [0.25, 0.3) is 0 Å². The molecule has 7 heteroatoms. The molecule has 1 aliphatic heterocycles. The highest BCUT2D eigenvalue weighted by Gasteiger charge is 2.34. The number of aryl methyl sites for hydroxylation is 1. The predicted octanol–water partition coefficient (Wildman–Crippen LogP) is 4.47. The van der Waals surface area contributed by atoms with Crippen LogP contribution in [0.15, 0.2) is 53.4 Å². The fraction of sp³-hybridized carbons (Fsp3) is 0.381. The number of nitrogens with one attached hydrogen (secondary N) is 1. The second-order valence-corrected chi connectivity index (χ2v) is 9.31. The smallest absolute Gasteiger partial charge is 0.243 e. The Bertz CT molecular complexity index is 929. The number of nitrogens with zero attached hydrogens (tertiary/aromatic N) is 1. The molecule has 0 spiro atoms. The summed E-state index contributed by atoms with van der Waals surface area (Å²) in [5, 5.41) is 3.44. The van der Waals surface area contributed by atoms with Gasteiger partial charge in [0.2, 0.25) is 15.9 Å². The van der Waals surface area contributed by atoms with Crippen LogP contribution in [-0.2, 0) is 21.2 Å². The number of carbonyl (C=O) groups is 1. The number of amides is 1. The Balaban J connectivity index is 1.76. The molecule has 1 saturated heterocycles. The van der Waals surface area contributed by atoms with Gasteiger partial charge in [-0.1, -0.05) is 43.1 Å². The first-order chi connectivity index (χ1) is 13.4. The molecule has 0 aliphatic carbocycles. The van der Waals surface area contributed by atoms with Crippen molar-refractivity contribution in [3.05, 3.63) is 59.1 Å². The maximum Gasteiger partial charge on any atom is 0.243 e. The average molecular weight is 421 g/mol. The molecule has 0 saturated carbocycles. The highest BCUT2D eigenvalue weighted by Crippen LogP contribution is 2.28. The van der Waals surface area contributed by atoms with E-state index in [1.165, 1.54) is 16.4 Å². The van der Waals surface area contributed by atoms with Crippen molar-refractivity contribution in [2.45, 2.75) is 50.0 Å². The minimum atomic E-state index is -3.66. The number of halogens is 1. The number of carbonyl (C=O) groups excluding carboxylic acids is 1. The Morgan fingerprint density at radius 1 is 1.14 bits per heavy atom. The lowest BCUT2D eigenvalue weighted by Crippen LogP contribution is -2.45. The summed E-state index contributed by atoms with van der Waals surface area (Å²) < 4.78 is 27.7. The first kappa shape index (κ1) is 20.8. The molecule has 0 radical (unpaired) electrons. The van der Waals surface area contributed by atoms with E-state index in [2.05, 4.69) is 5.32 Å². The summed E-state index contributed by atoms with van der Waals surface area (Å²) >= 11 is 5.89. The van der Waals surface area contributed by atoms with E-state index in [4.69, 9.17) is 11.6 Å². The first-order valence-corrected chi connectivity index (χ1v) is 11.4. The number of rotatable bonds is 6. The molecule has 1 fully saturated rings. The van der Waals surface area contributed by atoms with Crippen molar-refractivity contribution in [2.24, 2.45) is 0 Å². The average Bonchev–Trinajstić information content (AvgIpc) is 2.69. The molecule has 150 valence electrons. The van der Waals surface area contributed by atoms with Crippen molar-refractivity contribution in [3.8, 4) is 0 Å². The number of hydrogen-bond acceptors (Lipinski definition) is 3. The Morgan fingerprint density at radius 3 is 2.57 bits per heavy atom. The standard InChI is InChI=1S/C21H25ClN2O3S/c1-2-16-7-3-4-9-20(16)23-21(25)15-18-8-5-6-14-24(18)28(26,27)19-12-10-17(22)11-13-19/h3-4,7,9-13,18H,2,5-6,8,14-15H2,1H3,(H,23,25).